The topological polar surface area (TPSA) is 95.9 Å². The number of hydrogen-bond donors (Lipinski definition) is 2. The second kappa shape index (κ2) is 7.22. The van der Waals surface area contributed by atoms with Crippen LogP contribution in [0.4, 0.5) is 14.9 Å². The highest BCUT2D eigenvalue weighted by Gasteiger charge is 2.18. The third-order valence-corrected chi connectivity index (χ3v) is 2.67. The van der Waals surface area contributed by atoms with Crippen molar-refractivity contribution >= 4 is 23.7 Å². The number of anilines is 1. The molecule has 0 saturated heterocycles. The Kier molecular flexibility index (Phi) is 5.65. The number of ether oxygens (including phenoxy) is 1. The summed E-state index contributed by atoms with van der Waals surface area (Å²) in [6, 6.07) is 2.29. The summed E-state index contributed by atoms with van der Waals surface area (Å²) in [4.78, 5) is 35.0. The number of aromatic carboxylic acids is 1. The molecule has 21 heavy (non-hydrogen) atoms. The van der Waals surface area contributed by atoms with Gasteiger partial charge >= 0.3 is 18.0 Å². The molecule has 1 rings (SSSR count). The maximum Gasteiger partial charge on any atom is 0.335 e. The minimum Gasteiger partial charge on any atom is -0.478 e. The highest BCUT2D eigenvalue weighted by molar-refractivity contribution is 5.94. The number of hydrogen-bond acceptors (Lipinski definition) is 4. The monoisotopic (exact) mass is 298 g/mol. The normalized spacial score (nSPS) is 9.86. The molecule has 8 heteroatoms. The Hall–Kier alpha value is -2.64. The molecular weight excluding hydrogens is 283 g/mol. The second-order valence-corrected chi connectivity index (χ2v) is 4.02. The Labute approximate surface area is 120 Å². The molecule has 7 nitrogen and oxygen atoms in total. The van der Waals surface area contributed by atoms with E-state index in [1.165, 1.54) is 7.11 Å². The van der Waals surface area contributed by atoms with Gasteiger partial charge in [-0.15, -0.1) is 0 Å². The van der Waals surface area contributed by atoms with Crippen LogP contribution in [-0.2, 0) is 9.53 Å². The van der Waals surface area contributed by atoms with Crippen molar-refractivity contribution in [1.82, 2.24) is 4.90 Å². The molecule has 0 aliphatic rings. The number of likely N-dealkylation sites (N-methyl/N-ethyl adjacent to an activating group) is 1. The van der Waals surface area contributed by atoms with Crippen LogP contribution in [0, 0.1) is 5.82 Å². The van der Waals surface area contributed by atoms with Gasteiger partial charge in [0.05, 0.1) is 18.4 Å². The van der Waals surface area contributed by atoms with E-state index >= 15 is 0 Å². The first-order valence-corrected chi connectivity index (χ1v) is 6.04. The summed E-state index contributed by atoms with van der Waals surface area (Å²) in [5.74, 6) is -2.64. The molecule has 0 aromatic heterocycles. The van der Waals surface area contributed by atoms with Crippen LogP contribution in [0.2, 0.25) is 0 Å². The average Bonchev–Trinajstić information content (AvgIpc) is 2.46. The van der Waals surface area contributed by atoms with Crippen molar-refractivity contribution in [1.29, 1.82) is 0 Å². The van der Waals surface area contributed by atoms with Crippen LogP contribution in [0.25, 0.3) is 0 Å². The zero-order valence-electron chi connectivity index (χ0n) is 11.6. The number of nitrogens with one attached hydrogen (secondary N) is 1. The number of methoxy groups -OCH3 is 1. The van der Waals surface area contributed by atoms with E-state index in [2.05, 4.69) is 10.1 Å². The fourth-order valence-corrected chi connectivity index (χ4v) is 1.50. The van der Waals surface area contributed by atoms with Crippen LogP contribution >= 0.6 is 0 Å². The maximum absolute atomic E-state index is 13.6. The molecule has 0 unspecified atom stereocenters. The van der Waals surface area contributed by atoms with Crippen molar-refractivity contribution < 1.29 is 28.6 Å². The highest BCUT2D eigenvalue weighted by atomic mass is 19.1. The first-order chi connectivity index (χ1) is 9.88. The van der Waals surface area contributed by atoms with Crippen molar-refractivity contribution in [3.63, 3.8) is 0 Å². The molecular formula is C13H15FN2O5. The lowest BCUT2D eigenvalue weighted by Crippen LogP contribution is -2.39. The Bertz CT molecular complexity index is 561. The van der Waals surface area contributed by atoms with Crippen molar-refractivity contribution in [2.45, 2.75) is 6.92 Å². The van der Waals surface area contributed by atoms with E-state index in [0.29, 0.717) is 0 Å². The first kappa shape index (κ1) is 16.4. The zero-order chi connectivity index (χ0) is 16.0. The van der Waals surface area contributed by atoms with Gasteiger partial charge in [0.2, 0.25) is 0 Å². The largest absolute Gasteiger partial charge is 0.478 e. The van der Waals surface area contributed by atoms with E-state index in [1.54, 1.807) is 6.92 Å². The van der Waals surface area contributed by atoms with Gasteiger partial charge in [0.25, 0.3) is 0 Å². The number of carbonyl (C=O) groups is 3. The van der Waals surface area contributed by atoms with Crippen LogP contribution in [-0.4, -0.2) is 48.2 Å². The van der Waals surface area contributed by atoms with Gasteiger partial charge in [0.15, 0.2) is 0 Å². The summed E-state index contributed by atoms with van der Waals surface area (Å²) in [7, 11) is 1.18. The van der Waals surface area contributed by atoms with Crippen LogP contribution in [0.15, 0.2) is 18.2 Å². The number of benzene rings is 1. The standard InChI is InChI=1S/C13H15FN2O5/c1-3-16(7-11(17)21-2)13(20)15-10-6-8(12(18)19)4-5-9(10)14/h4-6H,3,7H2,1-2H3,(H,15,20)(H,18,19). The second-order valence-electron chi connectivity index (χ2n) is 4.02. The average molecular weight is 298 g/mol. The molecule has 0 bridgehead atoms. The van der Waals surface area contributed by atoms with E-state index < -0.39 is 23.8 Å². The molecule has 1 aromatic carbocycles. The fourth-order valence-electron chi connectivity index (χ4n) is 1.50. The predicted octanol–water partition coefficient (Wildman–Crippen LogP) is 1.55. The van der Waals surface area contributed by atoms with Crippen molar-refractivity contribution in [3.05, 3.63) is 29.6 Å². The van der Waals surface area contributed by atoms with Gasteiger partial charge in [-0.2, -0.15) is 0 Å². The summed E-state index contributed by atoms with van der Waals surface area (Å²) >= 11 is 0. The Morgan fingerprint density at radius 1 is 1.38 bits per heavy atom. The molecule has 114 valence electrons. The summed E-state index contributed by atoms with van der Waals surface area (Å²) < 4.78 is 18.0. The lowest BCUT2D eigenvalue weighted by molar-refractivity contribution is -0.141. The number of urea groups is 1. The van der Waals surface area contributed by atoms with Crippen LogP contribution in [0.3, 0.4) is 0 Å². The number of carboxylic acids is 1. The van der Waals surface area contributed by atoms with Crippen LogP contribution in [0.5, 0.6) is 0 Å². The van der Waals surface area contributed by atoms with Gasteiger partial charge in [-0.3, -0.25) is 4.79 Å². The summed E-state index contributed by atoms with van der Waals surface area (Å²) in [5.41, 5.74) is -0.439. The predicted molar refractivity (Wildman–Crippen MR) is 71.6 cm³/mol. The molecule has 1 aromatic rings. The smallest absolute Gasteiger partial charge is 0.335 e. The number of amides is 2. The van der Waals surface area contributed by atoms with Crippen LogP contribution in [0.1, 0.15) is 17.3 Å². The van der Waals surface area contributed by atoms with Crippen LogP contribution < -0.4 is 5.32 Å². The number of carboxylic acid groups (broad SMARTS) is 1. The Balaban J connectivity index is 2.88. The lowest BCUT2D eigenvalue weighted by atomic mass is 10.2. The summed E-state index contributed by atoms with van der Waals surface area (Å²) in [6.07, 6.45) is 0. The fraction of sp³-hybridized carbons (Fsp3) is 0.308. The van der Waals surface area contributed by atoms with Gasteiger partial charge in [-0.25, -0.2) is 14.0 Å². The van der Waals surface area contributed by atoms with Gasteiger partial charge in [-0.1, -0.05) is 0 Å². The van der Waals surface area contributed by atoms with E-state index in [4.69, 9.17) is 5.11 Å². The van der Waals surface area contributed by atoms with E-state index in [-0.39, 0.29) is 24.3 Å². The molecule has 0 aliphatic carbocycles. The van der Waals surface area contributed by atoms with E-state index in [9.17, 15) is 18.8 Å². The third-order valence-electron chi connectivity index (χ3n) is 2.67. The quantitative estimate of drug-likeness (QED) is 0.804. The van der Waals surface area contributed by atoms with E-state index in [0.717, 1.165) is 23.1 Å². The lowest BCUT2D eigenvalue weighted by Gasteiger charge is -2.20. The minimum atomic E-state index is -1.24. The molecule has 0 saturated carbocycles. The molecule has 0 atom stereocenters. The van der Waals surface area contributed by atoms with Gasteiger partial charge in [0, 0.05) is 6.54 Å². The molecule has 0 fully saturated rings. The van der Waals surface area contributed by atoms with Gasteiger partial charge in [-0.05, 0) is 25.1 Å². The van der Waals surface area contributed by atoms with Crippen molar-refractivity contribution in [3.8, 4) is 0 Å². The number of carbonyl (C=O) groups excluding carboxylic acids is 2. The summed E-state index contributed by atoms with van der Waals surface area (Å²) in [5, 5.41) is 11.1. The third kappa shape index (κ3) is 4.44. The molecule has 0 aliphatic heterocycles. The van der Waals surface area contributed by atoms with E-state index in [1.807, 2.05) is 0 Å². The highest BCUT2D eigenvalue weighted by Crippen LogP contribution is 2.17. The number of esters is 1. The number of rotatable bonds is 5. The molecule has 2 N–H and O–H groups in total. The van der Waals surface area contributed by atoms with Gasteiger partial charge in [0.1, 0.15) is 12.4 Å². The van der Waals surface area contributed by atoms with Crippen molar-refractivity contribution in [2.75, 3.05) is 25.5 Å². The molecule has 0 heterocycles. The van der Waals surface area contributed by atoms with Crippen molar-refractivity contribution in [2.24, 2.45) is 0 Å². The first-order valence-electron chi connectivity index (χ1n) is 6.04. The van der Waals surface area contributed by atoms with Gasteiger partial charge < -0.3 is 20.1 Å². The Morgan fingerprint density at radius 3 is 2.57 bits per heavy atom. The Morgan fingerprint density at radius 2 is 2.05 bits per heavy atom. The minimum absolute atomic E-state index is 0.164. The number of nitrogens with zero attached hydrogens (tertiary/aromatic N) is 1. The number of halogens is 1. The molecule has 0 radical (unpaired) electrons. The zero-order valence-corrected chi connectivity index (χ0v) is 11.6. The molecule has 0 spiro atoms. The molecule has 2 amide bonds. The SMILES string of the molecule is CCN(CC(=O)OC)C(=O)Nc1cc(C(=O)O)ccc1F. The maximum atomic E-state index is 13.6. The summed E-state index contributed by atoms with van der Waals surface area (Å²) in [6.45, 7) is 1.53.